The van der Waals surface area contributed by atoms with Gasteiger partial charge in [0.25, 0.3) is 0 Å². The smallest absolute Gasteiger partial charge is 0.137 e. The van der Waals surface area contributed by atoms with Crippen molar-refractivity contribution in [3.05, 3.63) is 52.4 Å². The van der Waals surface area contributed by atoms with Crippen LogP contribution in [0.15, 0.2) is 28.8 Å². The van der Waals surface area contributed by atoms with Gasteiger partial charge >= 0.3 is 0 Å². The molecule has 1 aromatic carbocycles. The van der Waals surface area contributed by atoms with Gasteiger partial charge in [0, 0.05) is 17.9 Å². The molecule has 3 atom stereocenters. The molecule has 0 radical (unpaired) electrons. The van der Waals surface area contributed by atoms with E-state index in [2.05, 4.69) is 5.16 Å². The number of fused-ring (bicyclic) bond motifs is 1. The molecule has 0 bridgehead atoms. The van der Waals surface area contributed by atoms with Crippen LogP contribution >= 0.6 is 0 Å². The summed E-state index contributed by atoms with van der Waals surface area (Å²) in [4.78, 5) is 12.3. The molecular formula is C18H21NO3. The average molecular weight is 299 g/mol. The van der Waals surface area contributed by atoms with Crippen molar-refractivity contribution in [1.29, 1.82) is 0 Å². The molecule has 116 valence electrons. The van der Waals surface area contributed by atoms with Gasteiger partial charge in [0.05, 0.1) is 17.2 Å². The number of aromatic nitrogens is 1. The molecule has 3 rings (SSSR count). The van der Waals surface area contributed by atoms with Crippen LogP contribution in [0, 0.1) is 19.8 Å². The van der Waals surface area contributed by atoms with Crippen molar-refractivity contribution in [2.75, 3.05) is 0 Å². The molecule has 1 aromatic heterocycles. The number of rotatable bonds is 2. The molecule has 0 spiro atoms. The van der Waals surface area contributed by atoms with Crippen molar-refractivity contribution in [2.24, 2.45) is 5.92 Å². The molecule has 0 fully saturated rings. The minimum Gasteiger partial charge on any atom is -0.389 e. The summed E-state index contributed by atoms with van der Waals surface area (Å²) in [6.45, 7) is 7.16. The Labute approximate surface area is 130 Å². The maximum atomic E-state index is 12.3. The topological polar surface area (TPSA) is 63.3 Å². The van der Waals surface area contributed by atoms with Gasteiger partial charge in [-0.2, -0.15) is 0 Å². The Balaban J connectivity index is 2.23. The average Bonchev–Trinajstić information content (AvgIpc) is 2.77. The molecule has 0 unspecified atom stereocenters. The fourth-order valence-electron chi connectivity index (χ4n) is 3.73. The van der Waals surface area contributed by atoms with E-state index in [9.17, 15) is 9.90 Å². The van der Waals surface area contributed by atoms with Gasteiger partial charge in [-0.05, 0) is 33.3 Å². The number of ketones is 1. The Morgan fingerprint density at radius 1 is 1.32 bits per heavy atom. The number of aryl methyl sites for hydroxylation is 2. The van der Waals surface area contributed by atoms with Gasteiger partial charge in [0.1, 0.15) is 11.5 Å². The first-order valence-electron chi connectivity index (χ1n) is 7.55. The second-order valence-corrected chi connectivity index (χ2v) is 6.61. The molecule has 0 amide bonds. The third kappa shape index (κ3) is 2.28. The highest BCUT2D eigenvalue weighted by Gasteiger charge is 2.49. The van der Waals surface area contributed by atoms with E-state index >= 15 is 0 Å². The van der Waals surface area contributed by atoms with E-state index in [0.717, 1.165) is 28.1 Å². The zero-order valence-electron chi connectivity index (χ0n) is 13.4. The van der Waals surface area contributed by atoms with Crippen molar-refractivity contribution in [2.45, 2.75) is 45.6 Å². The predicted octanol–water partition coefficient (Wildman–Crippen LogP) is 2.94. The molecule has 1 N–H and O–H groups in total. The third-order valence-electron chi connectivity index (χ3n) is 4.70. The second kappa shape index (κ2) is 5.06. The van der Waals surface area contributed by atoms with E-state index in [1.807, 2.05) is 38.1 Å². The summed E-state index contributed by atoms with van der Waals surface area (Å²) in [7, 11) is 0. The van der Waals surface area contributed by atoms with Crippen LogP contribution in [-0.2, 0) is 11.2 Å². The Bertz CT molecular complexity index is 712. The zero-order chi connectivity index (χ0) is 16.1. The van der Waals surface area contributed by atoms with Crippen molar-refractivity contribution >= 4 is 5.78 Å². The van der Waals surface area contributed by atoms with Gasteiger partial charge in [-0.15, -0.1) is 0 Å². The number of aliphatic hydroxyl groups is 1. The molecular weight excluding hydrogens is 278 g/mol. The zero-order valence-corrected chi connectivity index (χ0v) is 13.4. The number of hydrogen-bond acceptors (Lipinski definition) is 4. The van der Waals surface area contributed by atoms with Gasteiger partial charge in [0.2, 0.25) is 0 Å². The Hall–Kier alpha value is -1.94. The highest BCUT2D eigenvalue weighted by atomic mass is 16.5. The molecule has 1 heterocycles. The van der Waals surface area contributed by atoms with Crippen LogP contribution in [-0.4, -0.2) is 21.6 Å². The number of carbonyl (C=O) groups excluding carboxylic acids is 1. The minimum absolute atomic E-state index is 0.0122. The van der Waals surface area contributed by atoms with E-state index < -0.39 is 11.5 Å². The largest absolute Gasteiger partial charge is 0.389 e. The van der Waals surface area contributed by atoms with Crippen LogP contribution in [0.1, 0.15) is 47.9 Å². The molecule has 1 aliphatic carbocycles. The number of hydrogen-bond donors (Lipinski definition) is 1. The number of benzene rings is 1. The summed E-state index contributed by atoms with van der Waals surface area (Å²) in [6, 6.07) is 8.10. The molecule has 4 heteroatoms. The van der Waals surface area contributed by atoms with E-state index in [4.69, 9.17) is 4.52 Å². The molecule has 4 nitrogen and oxygen atoms in total. The van der Waals surface area contributed by atoms with E-state index in [1.54, 1.807) is 13.8 Å². The molecule has 0 aliphatic heterocycles. The van der Waals surface area contributed by atoms with Crippen LogP contribution in [0.5, 0.6) is 0 Å². The van der Waals surface area contributed by atoms with Gasteiger partial charge in [-0.3, -0.25) is 4.79 Å². The molecule has 0 saturated carbocycles. The monoisotopic (exact) mass is 299 g/mol. The highest BCUT2D eigenvalue weighted by molar-refractivity contribution is 5.82. The standard InChI is InChI=1S/C18H21NO3/c1-10-5-7-13(8-6-10)16-15-12(3)22-19-14(15)9-18(4,21)17(16)11(2)20/h5-8,16-17,21H,9H2,1-4H3/t16-,17-,18+/m1/s1. The number of nitrogens with zero attached hydrogens (tertiary/aromatic N) is 1. The van der Waals surface area contributed by atoms with E-state index in [0.29, 0.717) is 6.42 Å². The quantitative estimate of drug-likeness (QED) is 0.926. The van der Waals surface area contributed by atoms with Gasteiger partial charge in [-0.1, -0.05) is 35.0 Å². The fraction of sp³-hybridized carbons (Fsp3) is 0.444. The number of Topliss-reactive ketones (excluding diaryl/α,β-unsaturated/α-hetero) is 1. The minimum atomic E-state index is -1.13. The molecule has 1 aliphatic rings. The summed E-state index contributed by atoms with van der Waals surface area (Å²) in [5.74, 6) is -0.00643. The summed E-state index contributed by atoms with van der Waals surface area (Å²) >= 11 is 0. The normalized spacial score (nSPS) is 27.5. The third-order valence-corrected chi connectivity index (χ3v) is 4.70. The predicted molar refractivity (Wildman–Crippen MR) is 82.8 cm³/mol. The first-order valence-corrected chi connectivity index (χ1v) is 7.55. The van der Waals surface area contributed by atoms with E-state index in [1.165, 1.54) is 0 Å². The summed E-state index contributed by atoms with van der Waals surface area (Å²) in [5.41, 5.74) is 2.75. The van der Waals surface area contributed by atoms with Crippen LogP contribution < -0.4 is 0 Å². The first-order chi connectivity index (χ1) is 10.3. The lowest BCUT2D eigenvalue weighted by atomic mass is 9.64. The molecule has 0 saturated heterocycles. The van der Waals surface area contributed by atoms with Gasteiger partial charge in [0.15, 0.2) is 0 Å². The summed E-state index contributed by atoms with van der Waals surface area (Å²) < 4.78 is 5.34. The van der Waals surface area contributed by atoms with Crippen LogP contribution in [0.3, 0.4) is 0 Å². The maximum Gasteiger partial charge on any atom is 0.137 e. The van der Waals surface area contributed by atoms with Gasteiger partial charge in [-0.25, -0.2) is 0 Å². The summed E-state index contributed by atoms with van der Waals surface area (Å²) in [6.07, 6.45) is 0.340. The van der Waals surface area contributed by atoms with Crippen molar-refractivity contribution in [3.63, 3.8) is 0 Å². The number of carbonyl (C=O) groups is 1. The van der Waals surface area contributed by atoms with E-state index in [-0.39, 0.29) is 11.7 Å². The summed E-state index contributed by atoms with van der Waals surface area (Å²) in [5, 5.41) is 14.9. The van der Waals surface area contributed by atoms with Crippen molar-refractivity contribution in [1.82, 2.24) is 5.16 Å². The van der Waals surface area contributed by atoms with Crippen LogP contribution in [0.2, 0.25) is 0 Å². The Morgan fingerprint density at radius 3 is 2.55 bits per heavy atom. The molecule has 2 aromatic rings. The van der Waals surface area contributed by atoms with Gasteiger partial charge < -0.3 is 9.63 Å². The lowest BCUT2D eigenvalue weighted by molar-refractivity contribution is -0.130. The van der Waals surface area contributed by atoms with Crippen molar-refractivity contribution < 1.29 is 14.4 Å². The highest BCUT2D eigenvalue weighted by Crippen LogP contribution is 2.47. The maximum absolute atomic E-state index is 12.3. The van der Waals surface area contributed by atoms with Crippen LogP contribution in [0.4, 0.5) is 0 Å². The second-order valence-electron chi connectivity index (χ2n) is 6.61. The first kappa shape index (κ1) is 15.0. The Kier molecular flexibility index (Phi) is 3.44. The van der Waals surface area contributed by atoms with Crippen molar-refractivity contribution in [3.8, 4) is 0 Å². The SMILES string of the molecule is CC(=O)[C@@H]1[C@H](c2ccc(C)cc2)c2c(noc2C)C[C@]1(C)O. The lowest BCUT2D eigenvalue weighted by Crippen LogP contribution is -2.48. The van der Waals surface area contributed by atoms with Crippen LogP contribution in [0.25, 0.3) is 0 Å². The lowest BCUT2D eigenvalue weighted by Gasteiger charge is -2.40. The molecule has 22 heavy (non-hydrogen) atoms. The Morgan fingerprint density at radius 2 is 1.95 bits per heavy atom. The fourth-order valence-corrected chi connectivity index (χ4v) is 3.73.